The first-order valence-electron chi connectivity index (χ1n) is 11.4. The standard InChI is InChI=1S/C25H39O3P/c1-2-3-4-5-6-7-8-9-10-11-18-23-29(26,27-24-19-14-12-15-20-24)28-25-21-16-13-17-22-25/h12-17,19-22,26,29H,2-11,18,23H2,1H3. The van der Waals surface area contributed by atoms with Crippen LogP contribution in [0.25, 0.3) is 0 Å². The van der Waals surface area contributed by atoms with Gasteiger partial charge in [-0.3, -0.25) is 0 Å². The quantitative estimate of drug-likeness (QED) is 0.222. The Kier molecular flexibility index (Phi) is 11.8. The van der Waals surface area contributed by atoms with Crippen LogP contribution in [0, 0.1) is 0 Å². The second-order valence-electron chi connectivity index (χ2n) is 7.83. The molecule has 0 radical (unpaired) electrons. The maximum absolute atomic E-state index is 11.2. The first kappa shape index (κ1) is 23.7. The molecule has 0 bridgehead atoms. The van der Waals surface area contributed by atoms with Crippen LogP contribution in [0.4, 0.5) is 0 Å². The average molecular weight is 419 g/mol. The molecule has 0 unspecified atom stereocenters. The minimum absolute atomic E-state index is 0.577. The zero-order valence-corrected chi connectivity index (χ0v) is 19.0. The first-order chi connectivity index (χ1) is 14.2. The van der Waals surface area contributed by atoms with Gasteiger partial charge in [0, 0.05) is 0 Å². The molecule has 0 amide bonds. The van der Waals surface area contributed by atoms with Crippen molar-refractivity contribution in [2.75, 3.05) is 6.16 Å². The van der Waals surface area contributed by atoms with E-state index in [-0.39, 0.29) is 0 Å². The molecule has 0 heterocycles. The van der Waals surface area contributed by atoms with E-state index in [1.165, 1.54) is 57.8 Å². The van der Waals surface area contributed by atoms with Crippen molar-refractivity contribution in [3.05, 3.63) is 60.7 Å². The Balaban J connectivity index is 1.70. The molecule has 0 saturated carbocycles. The summed E-state index contributed by atoms with van der Waals surface area (Å²) < 4.78 is 11.9. The third-order valence-electron chi connectivity index (χ3n) is 5.14. The molecule has 1 N–H and O–H groups in total. The molecule has 2 aromatic rings. The summed E-state index contributed by atoms with van der Waals surface area (Å²) in [7, 11) is -3.33. The number of unbranched alkanes of at least 4 members (excludes halogenated alkanes) is 10. The zero-order valence-electron chi connectivity index (χ0n) is 18.0. The molecule has 4 heteroatoms. The summed E-state index contributed by atoms with van der Waals surface area (Å²) >= 11 is 0. The molecule has 0 aliphatic carbocycles. The van der Waals surface area contributed by atoms with Crippen molar-refractivity contribution in [3.8, 4) is 11.5 Å². The Morgan fingerprint density at radius 1 is 0.586 bits per heavy atom. The first-order valence-corrected chi connectivity index (χ1v) is 13.4. The number of hydrogen-bond acceptors (Lipinski definition) is 3. The predicted molar refractivity (Wildman–Crippen MR) is 126 cm³/mol. The van der Waals surface area contributed by atoms with Crippen LogP contribution in [0.1, 0.15) is 77.6 Å². The fourth-order valence-corrected chi connectivity index (χ4v) is 5.43. The Hall–Kier alpha value is -1.57. The summed E-state index contributed by atoms with van der Waals surface area (Å²) in [6, 6.07) is 19.0. The van der Waals surface area contributed by atoms with Gasteiger partial charge >= 0.3 is 171 Å². The van der Waals surface area contributed by atoms with Gasteiger partial charge in [0.2, 0.25) is 0 Å². The van der Waals surface area contributed by atoms with Crippen LogP contribution < -0.4 is 9.05 Å². The number of para-hydroxylation sites is 2. The van der Waals surface area contributed by atoms with Gasteiger partial charge in [0.05, 0.1) is 0 Å². The van der Waals surface area contributed by atoms with E-state index >= 15 is 0 Å². The molecule has 0 saturated heterocycles. The van der Waals surface area contributed by atoms with E-state index in [1.807, 2.05) is 60.7 Å². The summed E-state index contributed by atoms with van der Waals surface area (Å²) in [5.41, 5.74) is 0. The van der Waals surface area contributed by atoms with Crippen LogP contribution in [-0.2, 0) is 0 Å². The molecular weight excluding hydrogens is 379 g/mol. The van der Waals surface area contributed by atoms with Crippen molar-refractivity contribution >= 4 is 7.94 Å². The van der Waals surface area contributed by atoms with Crippen molar-refractivity contribution in [1.29, 1.82) is 0 Å². The molecular formula is C25H39O3P. The van der Waals surface area contributed by atoms with Crippen LogP contribution in [0.2, 0.25) is 0 Å². The van der Waals surface area contributed by atoms with Crippen LogP contribution in [0.5, 0.6) is 11.5 Å². The van der Waals surface area contributed by atoms with E-state index in [1.54, 1.807) is 0 Å². The summed E-state index contributed by atoms with van der Waals surface area (Å²) in [5, 5.41) is 0. The number of hydrogen-bond donors (Lipinski definition) is 1. The number of rotatable bonds is 16. The van der Waals surface area contributed by atoms with Gasteiger partial charge in [-0.25, -0.2) is 0 Å². The van der Waals surface area contributed by atoms with E-state index in [0.29, 0.717) is 17.7 Å². The molecule has 0 spiro atoms. The van der Waals surface area contributed by atoms with Crippen molar-refractivity contribution in [2.24, 2.45) is 0 Å². The van der Waals surface area contributed by atoms with Crippen molar-refractivity contribution in [2.45, 2.75) is 77.6 Å². The molecule has 0 fully saturated rings. The maximum atomic E-state index is 11.2. The topological polar surface area (TPSA) is 38.7 Å². The van der Waals surface area contributed by atoms with Crippen molar-refractivity contribution < 1.29 is 13.9 Å². The van der Waals surface area contributed by atoms with Crippen molar-refractivity contribution in [1.82, 2.24) is 0 Å². The summed E-state index contributed by atoms with van der Waals surface area (Å²) in [5.74, 6) is 1.33. The Morgan fingerprint density at radius 2 is 0.966 bits per heavy atom. The second-order valence-corrected chi connectivity index (χ2v) is 10.2. The Labute approximate surface area is 178 Å². The summed E-state index contributed by atoms with van der Waals surface area (Å²) in [4.78, 5) is 11.2. The normalized spacial score (nSPS) is 11.9. The van der Waals surface area contributed by atoms with E-state index < -0.39 is 7.94 Å². The minimum atomic E-state index is -3.33. The molecule has 0 aliphatic heterocycles. The van der Waals surface area contributed by atoms with E-state index in [9.17, 15) is 4.89 Å². The summed E-state index contributed by atoms with van der Waals surface area (Å²) in [6.45, 7) is 2.26. The van der Waals surface area contributed by atoms with Gasteiger partial charge in [0.15, 0.2) is 0 Å². The third-order valence-corrected chi connectivity index (χ3v) is 7.23. The van der Waals surface area contributed by atoms with Crippen molar-refractivity contribution in [3.63, 3.8) is 0 Å². The molecule has 2 rings (SSSR count). The monoisotopic (exact) mass is 418 g/mol. The zero-order chi connectivity index (χ0) is 20.6. The molecule has 162 valence electrons. The van der Waals surface area contributed by atoms with E-state index in [0.717, 1.165) is 12.8 Å². The fourth-order valence-electron chi connectivity index (χ4n) is 3.48. The molecule has 0 atom stereocenters. The Morgan fingerprint density at radius 3 is 1.38 bits per heavy atom. The molecule has 2 aromatic carbocycles. The van der Waals surface area contributed by atoms with Gasteiger partial charge in [0.1, 0.15) is 0 Å². The summed E-state index contributed by atoms with van der Waals surface area (Å²) in [6.07, 6.45) is 14.7. The fraction of sp³-hybridized carbons (Fsp3) is 0.520. The van der Waals surface area contributed by atoms with Gasteiger partial charge in [-0.2, -0.15) is 0 Å². The molecule has 3 nitrogen and oxygen atoms in total. The van der Waals surface area contributed by atoms with Gasteiger partial charge in [-0.15, -0.1) is 0 Å². The third kappa shape index (κ3) is 10.7. The van der Waals surface area contributed by atoms with E-state index in [2.05, 4.69) is 6.92 Å². The van der Waals surface area contributed by atoms with Gasteiger partial charge in [0.25, 0.3) is 0 Å². The molecule has 0 aromatic heterocycles. The van der Waals surface area contributed by atoms with Crippen LogP contribution >= 0.6 is 7.94 Å². The average Bonchev–Trinajstić information content (AvgIpc) is 2.73. The van der Waals surface area contributed by atoms with Gasteiger partial charge in [-0.1, -0.05) is 6.92 Å². The SMILES string of the molecule is CCCCCCCCCCCCC[PH](O)(Oc1ccccc1)Oc1ccccc1. The predicted octanol–water partition coefficient (Wildman–Crippen LogP) is 7.94. The van der Waals surface area contributed by atoms with E-state index in [4.69, 9.17) is 9.05 Å². The Bertz CT molecular complexity index is 592. The molecule has 0 aliphatic rings. The molecule has 29 heavy (non-hydrogen) atoms. The van der Waals surface area contributed by atoms with Gasteiger partial charge in [-0.05, 0) is 0 Å². The second kappa shape index (κ2) is 14.4. The number of benzene rings is 2. The van der Waals surface area contributed by atoms with Crippen LogP contribution in [0.15, 0.2) is 60.7 Å². The van der Waals surface area contributed by atoms with Gasteiger partial charge < -0.3 is 0 Å². The van der Waals surface area contributed by atoms with Crippen LogP contribution in [0.3, 0.4) is 0 Å². The van der Waals surface area contributed by atoms with Crippen LogP contribution in [-0.4, -0.2) is 11.1 Å².